The molecular weight excluding hydrogens is 216 g/mol. The summed E-state index contributed by atoms with van der Waals surface area (Å²) in [6.07, 6.45) is 1.29. The average Bonchev–Trinajstić information content (AvgIpc) is 2.29. The summed E-state index contributed by atoms with van der Waals surface area (Å²) < 4.78 is 5.10. The first kappa shape index (κ1) is 13.9. The highest BCUT2D eigenvalue weighted by Gasteiger charge is 2.11. The minimum Gasteiger partial charge on any atom is -0.387 e. The second-order valence-corrected chi connectivity index (χ2v) is 4.40. The van der Waals surface area contributed by atoms with Crippen molar-refractivity contribution in [2.45, 2.75) is 32.9 Å². The van der Waals surface area contributed by atoms with Crippen molar-refractivity contribution < 1.29 is 9.84 Å². The van der Waals surface area contributed by atoms with E-state index in [9.17, 15) is 5.11 Å². The standard InChI is InChI=1S/C13H22N2O2/c1-10(2)15(7-8-17-4)12-5-6-13(11(3)16)14-9-12/h5-6,9-11,16H,7-8H2,1-4H3/t11-/m1/s1. The van der Waals surface area contributed by atoms with Crippen molar-refractivity contribution in [2.75, 3.05) is 25.2 Å². The first-order valence-electron chi connectivity index (χ1n) is 5.96. The van der Waals surface area contributed by atoms with E-state index in [4.69, 9.17) is 4.74 Å². The normalized spacial score (nSPS) is 12.8. The molecule has 96 valence electrons. The van der Waals surface area contributed by atoms with Gasteiger partial charge in [-0.05, 0) is 32.9 Å². The molecule has 0 spiro atoms. The topological polar surface area (TPSA) is 45.6 Å². The molecule has 0 saturated heterocycles. The molecule has 0 aliphatic heterocycles. The number of aromatic nitrogens is 1. The fourth-order valence-electron chi connectivity index (χ4n) is 1.69. The van der Waals surface area contributed by atoms with Gasteiger partial charge in [0.15, 0.2) is 0 Å². The summed E-state index contributed by atoms with van der Waals surface area (Å²) >= 11 is 0. The quantitative estimate of drug-likeness (QED) is 0.823. The Balaban J connectivity index is 2.80. The molecule has 4 heteroatoms. The summed E-state index contributed by atoms with van der Waals surface area (Å²) in [6, 6.07) is 4.25. The van der Waals surface area contributed by atoms with Crippen LogP contribution in [0.15, 0.2) is 18.3 Å². The van der Waals surface area contributed by atoms with Crippen molar-refractivity contribution >= 4 is 5.69 Å². The summed E-state index contributed by atoms with van der Waals surface area (Å²) in [4.78, 5) is 6.48. The van der Waals surface area contributed by atoms with Gasteiger partial charge in [0.1, 0.15) is 0 Å². The number of anilines is 1. The Morgan fingerprint density at radius 3 is 2.47 bits per heavy atom. The molecule has 17 heavy (non-hydrogen) atoms. The summed E-state index contributed by atoms with van der Waals surface area (Å²) in [5.41, 5.74) is 1.76. The van der Waals surface area contributed by atoms with Crippen molar-refractivity contribution in [3.63, 3.8) is 0 Å². The molecule has 0 fully saturated rings. The van der Waals surface area contributed by atoms with Crippen LogP contribution in [0.4, 0.5) is 5.69 Å². The summed E-state index contributed by atoms with van der Waals surface area (Å²) in [5, 5.41) is 9.41. The number of hydrogen-bond donors (Lipinski definition) is 1. The molecule has 0 aromatic carbocycles. The van der Waals surface area contributed by atoms with Gasteiger partial charge in [0, 0.05) is 19.7 Å². The van der Waals surface area contributed by atoms with Gasteiger partial charge in [0.2, 0.25) is 0 Å². The minimum absolute atomic E-state index is 0.393. The number of pyridine rings is 1. The van der Waals surface area contributed by atoms with Crippen molar-refractivity contribution in [3.05, 3.63) is 24.0 Å². The van der Waals surface area contributed by atoms with Gasteiger partial charge < -0.3 is 14.7 Å². The fourth-order valence-corrected chi connectivity index (χ4v) is 1.69. The number of ether oxygens (including phenoxy) is 1. The van der Waals surface area contributed by atoms with Gasteiger partial charge in [-0.3, -0.25) is 4.98 Å². The van der Waals surface area contributed by atoms with Crippen molar-refractivity contribution in [1.29, 1.82) is 0 Å². The Hall–Kier alpha value is -1.13. The van der Waals surface area contributed by atoms with Gasteiger partial charge in [-0.2, -0.15) is 0 Å². The van der Waals surface area contributed by atoms with Crippen LogP contribution in [0.5, 0.6) is 0 Å². The molecule has 1 atom stereocenters. The molecule has 1 aromatic rings. The highest BCUT2D eigenvalue weighted by molar-refractivity contribution is 5.45. The van der Waals surface area contributed by atoms with E-state index in [1.807, 2.05) is 12.1 Å². The number of aliphatic hydroxyl groups is 1. The van der Waals surface area contributed by atoms with Gasteiger partial charge in [-0.25, -0.2) is 0 Å². The van der Waals surface area contributed by atoms with E-state index < -0.39 is 6.10 Å². The van der Waals surface area contributed by atoms with Crippen LogP contribution >= 0.6 is 0 Å². The molecule has 0 aliphatic carbocycles. The molecule has 1 aromatic heterocycles. The highest BCUT2D eigenvalue weighted by atomic mass is 16.5. The largest absolute Gasteiger partial charge is 0.387 e. The van der Waals surface area contributed by atoms with Crippen LogP contribution in [0, 0.1) is 0 Å². The molecule has 0 amide bonds. The smallest absolute Gasteiger partial charge is 0.0931 e. The third kappa shape index (κ3) is 3.98. The van der Waals surface area contributed by atoms with Crippen molar-refractivity contribution in [3.8, 4) is 0 Å². The lowest BCUT2D eigenvalue weighted by Gasteiger charge is -2.28. The monoisotopic (exact) mass is 238 g/mol. The van der Waals surface area contributed by atoms with Crippen LogP contribution in [0.1, 0.15) is 32.6 Å². The predicted octanol–water partition coefficient (Wildman–Crippen LogP) is 2.00. The van der Waals surface area contributed by atoms with E-state index in [1.54, 1.807) is 20.2 Å². The first-order valence-corrected chi connectivity index (χ1v) is 5.96. The van der Waals surface area contributed by atoms with Gasteiger partial charge >= 0.3 is 0 Å². The van der Waals surface area contributed by atoms with Crippen LogP contribution in [0.3, 0.4) is 0 Å². The number of aliphatic hydroxyl groups excluding tert-OH is 1. The number of methoxy groups -OCH3 is 1. The summed E-state index contributed by atoms with van der Waals surface area (Å²) in [6.45, 7) is 7.52. The lowest BCUT2D eigenvalue weighted by Crippen LogP contribution is -2.33. The molecule has 1 rings (SSSR count). The molecule has 0 aliphatic rings. The molecule has 0 bridgehead atoms. The average molecular weight is 238 g/mol. The number of hydrogen-bond acceptors (Lipinski definition) is 4. The van der Waals surface area contributed by atoms with E-state index in [2.05, 4.69) is 23.7 Å². The zero-order valence-corrected chi connectivity index (χ0v) is 11.1. The fraction of sp³-hybridized carbons (Fsp3) is 0.615. The minimum atomic E-state index is -0.518. The van der Waals surface area contributed by atoms with E-state index in [0.717, 1.165) is 12.2 Å². The van der Waals surface area contributed by atoms with Gasteiger partial charge in [0.25, 0.3) is 0 Å². The maximum Gasteiger partial charge on any atom is 0.0931 e. The maximum absolute atomic E-state index is 9.41. The van der Waals surface area contributed by atoms with Crippen LogP contribution in [-0.4, -0.2) is 36.4 Å². The highest BCUT2D eigenvalue weighted by Crippen LogP contribution is 2.18. The molecule has 1 heterocycles. The first-order chi connectivity index (χ1) is 8.06. The van der Waals surface area contributed by atoms with E-state index >= 15 is 0 Å². The van der Waals surface area contributed by atoms with Crippen LogP contribution < -0.4 is 4.90 Å². The zero-order valence-electron chi connectivity index (χ0n) is 11.1. The van der Waals surface area contributed by atoms with Crippen molar-refractivity contribution in [2.24, 2.45) is 0 Å². The van der Waals surface area contributed by atoms with Gasteiger partial charge in [0.05, 0.1) is 30.3 Å². The molecular formula is C13H22N2O2. The second-order valence-electron chi connectivity index (χ2n) is 4.40. The lowest BCUT2D eigenvalue weighted by molar-refractivity contribution is 0.194. The summed E-state index contributed by atoms with van der Waals surface area (Å²) in [7, 11) is 1.70. The van der Waals surface area contributed by atoms with Crippen molar-refractivity contribution in [1.82, 2.24) is 4.98 Å². The lowest BCUT2D eigenvalue weighted by atomic mass is 10.2. The van der Waals surface area contributed by atoms with Crippen LogP contribution in [0.25, 0.3) is 0 Å². The SMILES string of the molecule is COCCN(c1ccc([C@@H](C)O)nc1)C(C)C. The Bertz CT molecular complexity index is 323. The predicted molar refractivity (Wildman–Crippen MR) is 69.2 cm³/mol. The van der Waals surface area contributed by atoms with E-state index in [1.165, 1.54) is 0 Å². The Kier molecular flexibility index (Phi) is 5.38. The number of nitrogens with zero attached hydrogens (tertiary/aromatic N) is 2. The molecule has 0 radical (unpaired) electrons. The molecule has 4 nitrogen and oxygen atoms in total. The van der Waals surface area contributed by atoms with Crippen LogP contribution in [0.2, 0.25) is 0 Å². The van der Waals surface area contributed by atoms with E-state index in [0.29, 0.717) is 18.3 Å². The third-order valence-electron chi connectivity index (χ3n) is 2.69. The third-order valence-corrected chi connectivity index (χ3v) is 2.69. The molecule has 0 unspecified atom stereocenters. The van der Waals surface area contributed by atoms with E-state index in [-0.39, 0.29) is 0 Å². The summed E-state index contributed by atoms with van der Waals surface area (Å²) in [5.74, 6) is 0. The maximum atomic E-state index is 9.41. The number of rotatable bonds is 6. The Morgan fingerprint density at radius 2 is 2.06 bits per heavy atom. The molecule has 1 N–H and O–H groups in total. The molecule has 0 saturated carbocycles. The zero-order chi connectivity index (χ0) is 12.8. The Morgan fingerprint density at radius 1 is 1.35 bits per heavy atom. The van der Waals surface area contributed by atoms with Gasteiger partial charge in [-0.1, -0.05) is 0 Å². The second kappa shape index (κ2) is 6.57. The van der Waals surface area contributed by atoms with Gasteiger partial charge in [-0.15, -0.1) is 0 Å². The van der Waals surface area contributed by atoms with Crippen LogP contribution in [-0.2, 0) is 4.74 Å². The Labute approximate surface area is 103 Å².